The maximum absolute atomic E-state index is 10.5. The molecule has 0 amide bonds. The first-order valence-electron chi connectivity index (χ1n) is 5.18. The fourth-order valence-corrected chi connectivity index (χ4v) is 1.58. The number of carbonyl (C=O) groups is 1. The quantitative estimate of drug-likeness (QED) is 0.600. The third-order valence-electron chi connectivity index (χ3n) is 2.31. The Hall–Kier alpha value is -1.80. The van der Waals surface area contributed by atoms with E-state index in [0.717, 1.165) is 17.6 Å². The average Bonchev–Trinajstić information content (AvgIpc) is 2.78. The number of aldehydes is 1. The monoisotopic (exact) mass is 246 g/mol. The molecule has 0 unspecified atom stereocenters. The van der Waals surface area contributed by atoms with Crippen molar-refractivity contribution in [2.45, 2.75) is 6.92 Å². The SMILES string of the molecule is CC(C=O)=Cc1ccc(-c2ccc(Cl)cc2)o1. The molecule has 0 fully saturated rings. The second kappa shape index (κ2) is 5.02. The topological polar surface area (TPSA) is 30.2 Å². The Bertz CT molecular complexity index is 550. The maximum atomic E-state index is 10.5. The zero-order chi connectivity index (χ0) is 12.3. The average molecular weight is 247 g/mol. The lowest BCUT2D eigenvalue weighted by Crippen LogP contribution is -1.75. The Morgan fingerprint density at radius 2 is 1.88 bits per heavy atom. The Labute approximate surface area is 105 Å². The van der Waals surface area contributed by atoms with Crippen LogP contribution in [0.4, 0.5) is 0 Å². The summed E-state index contributed by atoms with van der Waals surface area (Å²) in [5, 5.41) is 0.692. The molecule has 1 aromatic carbocycles. The number of rotatable bonds is 3. The molecule has 0 aliphatic carbocycles. The van der Waals surface area contributed by atoms with Gasteiger partial charge in [0.1, 0.15) is 17.8 Å². The number of hydrogen-bond acceptors (Lipinski definition) is 2. The lowest BCUT2D eigenvalue weighted by atomic mass is 10.2. The van der Waals surface area contributed by atoms with Crippen LogP contribution in [0.3, 0.4) is 0 Å². The van der Waals surface area contributed by atoms with Gasteiger partial charge in [-0.25, -0.2) is 0 Å². The van der Waals surface area contributed by atoms with Gasteiger partial charge in [-0.05, 0) is 55.0 Å². The van der Waals surface area contributed by atoms with Gasteiger partial charge in [-0.1, -0.05) is 11.6 Å². The van der Waals surface area contributed by atoms with Crippen molar-refractivity contribution >= 4 is 24.0 Å². The second-order valence-electron chi connectivity index (χ2n) is 3.72. The van der Waals surface area contributed by atoms with E-state index in [-0.39, 0.29) is 0 Å². The van der Waals surface area contributed by atoms with E-state index in [1.165, 1.54) is 0 Å². The number of halogens is 1. The Morgan fingerprint density at radius 3 is 2.53 bits per heavy atom. The smallest absolute Gasteiger partial charge is 0.145 e. The highest BCUT2D eigenvalue weighted by atomic mass is 35.5. The lowest BCUT2D eigenvalue weighted by molar-refractivity contribution is -0.104. The minimum atomic E-state index is 0.627. The highest BCUT2D eigenvalue weighted by Gasteiger charge is 2.03. The normalized spacial score (nSPS) is 11.5. The van der Waals surface area contributed by atoms with Gasteiger partial charge in [-0.2, -0.15) is 0 Å². The Kier molecular flexibility index (Phi) is 3.45. The van der Waals surface area contributed by atoms with Crippen molar-refractivity contribution in [1.82, 2.24) is 0 Å². The fourth-order valence-electron chi connectivity index (χ4n) is 1.46. The number of furan rings is 1. The van der Waals surface area contributed by atoms with Crippen LogP contribution in [0.5, 0.6) is 0 Å². The highest BCUT2D eigenvalue weighted by molar-refractivity contribution is 6.30. The van der Waals surface area contributed by atoms with Crippen LogP contribution in [0, 0.1) is 0 Å². The van der Waals surface area contributed by atoms with Gasteiger partial charge in [0.25, 0.3) is 0 Å². The largest absolute Gasteiger partial charge is 0.457 e. The molecular formula is C14H11ClO2. The molecule has 0 saturated heterocycles. The zero-order valence-corrected chi connectivity index (χ0v) is 10.1. The summed E-state index contributed by atoms with van der Waals surface area (Å²) in [5.74, 6) is 1.42. The van der Waals surface area contributed by atoms with Crippen LogP contribution < -0.4 is 0 Å². The van der Waals surface area contributed by atoms with Crippen molar-refractivity contribution in [3.63, 3.8) is 0 Å². The summed E-state index contributed by atoms with van der Waals surface area (Å²) >= 11 is 5.81. The molecule has 86 valence electrons. The third kappa shape index (κ3) is 2.86. The molecule has 2 nitrogen and oxygen atoms in total. The summed E-state index contributed by atoms with van der Waals surface area (Å²) in [4.78, 5) is 10.5. The van der Waals surface area contributed by atoms with E-state index >= 15 is 0 Å². The van der Waals surface area contributed by atoms with Crippen LogP contribution in [0.1, 0.15) is 12.7 Å². The van der Waals surface area contributed by atoms with Crippen molar-refractivity contribution in [2.24, 2.45) is 0 Å². The van der Waals surface area contributed by atoms with E-state index in [4.69, 9.17) is 16.0 Å². The predicted octanol–water partition coefficient (Wildman–Crippen LogP) is 4.20. The van der Waals surface area contributed by atoms with Crippen LogP contribution in [0.15, 0.2) is 46.4 Å². The van der Waals surface area contributed by atoms with E-state index in [2.05, 4.69) is 0 Å². The molecule has 0 spiro atoms. The van der Waals surface area contributed by atoms with Crippen LogP contribution >= 0.6 is 11.6 Å². The van der Waals surface area contributed by atoms with Crippen molar-refractivity contribution < 1.29 is 9.21 Å². The number of hydrogen-bond donors (Lipinski definition) is 0. The van der Waals surface area contributed by atoms with Crippen LogP contribution in [-0.4, -0.2) is 6.29 Å². The summed E-state index contributed by atoms with van der Waals surface area (Å²) in [6, 6.07) is 11.1. The first-order chi connectivity index (χ1) is 8.19. The number of allylic oxidation sites excluding steroid dienone is 1. The van der Waals surface area contributed by atoms with Gasteiger partial charge in [0.05, 0.1) is 0 Å². The van der Waals surface area contributed by atoms with Crippen LogP contribution in [0.2, 0.25) is 5.02 Å². The third-order valence-corrected chi connectivity index (χ3v) is 2.56. The summed E-state index contributed by atoms with van der Waals surface area (Å²) in [6.07, 6.45) is 2.50. The Morgan fingerprint density at radius 1 is 1.18 bits per heavy atom. The molecule has 0 aliphatic rings. The van der Waals surface area contributed by atoms with Crippen molar-refractivity contribution in [3.8, 4) is 11.3 Å². The highest BCUT2D eigenvalue weighted by Crippen LogP contribution is 2.24. The molecule has 1 aromatic heterocycles. The van der Waals surface area contributed by atoms with Gasteiger partial charge >= 0.3 is 0 Å². The Balaban J connectivity index is 2.29. The van der Waals surface area contributed by atoms with Gasteiger partial charge in [-0.15, -0.1) is 0 Å². The van der Waals surface area contributed by atoms with E-state index in [1.54, 1.807) is 13.0 Å². The summed E-state index contributed by atoms with van der Waals surface area (Å²) in [5.41, 5.74) is 1.58. The molecule has 0 atom stereocenters. The molecule has 0 radical (unpaired) electrons. The lowest BCUT2D eigenvalue weighted by Gasteiger charge is -1.96. The molecule has 1 heterocycles. The molecule has 0 aliphatic heterocycles. The first-order valence-corrected chi connectivity index (χ1v) is 5.56. The number of carbonyl (C=O) groups excluding carboxylic acids is 1. The molecule has 0 N–H and O–H groups in total. The van der Waals surface area contributed by atoms with Gasteiger partial charge < -0.3 is 4.42 Å². The number of benzene rings is 1. The molecule has 2 aromatic rings. The van der Waals surface area contributed by atoms with Crippen molar-refractivity contribution in [2.75, 3.05) is 0 Å². The molecule has 0 saturated carbocycles. The standard InChI is InChI=1S/C14H11ClO2/c1-10(9-16)8-13-6-7-14(17-13)11-2-4-12(15)5-3-11/h2-9H,1H3. The first kappa shape index (κ1) is 11.7. The molecule has 17 heavy (non-hydrogen) atoms. The van der Waals surface area contributed by atoms with Crippen molar-refractivity contribution in [1.29, 1.82) is 0 Å². The van der Waals surface area contributed by atoms with Gasteiger partial charge in [0, 0.05) is 10.6 Å². The molecule has 3 heteroatoms. The minimum absolute atomic E-state index is 0.627. The maximum Gasteiger partial charge on any atom is 0.145 e. The van der Waals surface area contributed by atoms with E-state index in [9.17, 15) is 4.79 Å². The van der Waals surface area contributed by atoms with Crippen LogP contribution in [-0.2, 0) is 4.79 Å². The molecule has 0 bridgehead atoms. The van der Waals surface area contributed by atoms with Crippen LogP contribution in [0.25, 0.3) is 17.4 Å². The van der Waals surface area contributed by atoms with E-state index in [1.807, 2.05) is 36.4 Å². The van der Waals surface area contributed by atoms with Gasteiger partial charge in [0.15, 0.2) is 0 Å². The van der Waals surface area contributed by atoms with Gasteiger partial charge in [0.2, 0.25) is 0 Å². The molecule has 2 rings (SSSR count). The van der Waals surface area contributed by atoms with E-state index < -0.39 is 0 Å². The summed E-state index contributed by atoms with van der Waals surface area (Å²) in [6.45, 7) is 1.73. The fraction of sp³-hybridized carbons (Fsp3) is 0.0714. The minimum Gasteiger partial charge on any atom is -0.457 e. The molecular weight excluding hydrogens is 236 g/mol. The second-order valence-corrected chi connectivity index (χ2v) is 4.15. The zero-order valence-electron chi connectivity index (χ0n) is 9.31. The summed E-state index contributed by atoms with van der Waals surface area (Å²) < 4.78 is 5.60. The summed E-state index contributed by atoms with van der Waals surface area (Å²) in [7, 11) is 0. The van der Waals surface area contributed by atoms with Gasteiger partial charge in [-0.3, -0.25) is 4.79 Å². The predicted molar refractivity (Wildman–Crippen MR) is 68.9 cm³/mol. The van der Waals surface area contributed by atoms with E-state index in [0.29, 0.717) is 16.4 Å². The van der Waals surface area contributed by atoms with Crippen molar-refractivity contribution in [3.05, 3.63) is 52.8 Å².